The van der Waals surface area contributed by atoms with Crippen molar-refractivity contribution in [2.24, 2.45) is 5.41 Å². The van der Waals surface area contributed by atoms with E-state index in [1.165, 1.54) is 28.0 Å². The van der Waals surface area contributed by atoms with Crippen molar-refractivity contribution in [3.63, 3.8) is 0 Å². The van der Waals surface area contributed by atoms with Crippen molar-refractivity contribution >= 4 is 33.6 Å². The van der Waals surface area contributed by atoms with Crippen LogP contribution in [-0.2, 0) is 27.9 Å². The molecule has 0 aliphatic rings. The van der Waals surface area contributed by atoms with E-state index in [1.807, 2.05) is 33.8 Å². The summed E-state index contributed by atoms with van der Waals surface area (Å²) < 4.78 is 22.6. The Hall–Kier alpha value is -1.74. The van der Waals surface area contributed by atoms with Crippen LogP contribution in [0.1, 0.15) is 81.0 Å². The van der Waals surface area contributed by atoms with Crippen LogP contribution in [0.5, 0.6) is 0 Å². The van der Waals surface area contributed by atoms with Crippen LogP contribution in [0, 0.1) is 19.3 Å². The quantitative estimate of drug-likeness (QED) is 0.331. The van der Waals surface area contributed by atoms with Crippen molar-refractivity contribution in [1.82, 2.24) is 0 Å². The highest BCUT2D eigenvalue weighted by molar-refractivity contribution is 7.81. The Morgan fingerprint density at radius 1 is 1.12 bits per heavy atom. The van der Waals surface area contributed by atoms with E-state index in [-0.39, 0.29) is 16.9 Å². The Kier molecular flexibility index (Phi) is 9.50. The lowest BCUT2D eigenvalue weighted by Gasteiger charge is -2.32. The third-order valence-corrected chi connectivity index (χ3v) is 9.11. The molecule has 0 saturated carbocycles. The highest BCUT2D eigenvalue weighted by Crippen LogP contribution is 2.46. The van der Waals surface area contributed by atoms with Gasteiger partial charge >= 0.3 is 5.97 Å². The van der Waals surface area contributed by atoms with Crippen LogP contribution in [0.3, 0.4) is 0 Å². The molecule has 1 aromatic carbocycles. The zero-order valence-corrected chi connectivity index (χ0v) is 23.0. The topological polar surface area (TPSA) is 98.1 Å². The summed E-state index contributed by atoms with van der Waals surface area (Å²) in [6.07, 6.45) is 2.83. The molecular formula is C26H39NO5S2. The first kappa shape index (κ1) is 28.5. The molecular weight excluding hydrogens is 470 g/mol. The van der Waals surface area contributed by atoms with Gasteiger partial charge in [-0.3, -0.25) is 9.35 Å². The average molecular weight is 510 g/mol. The summed E-state index contributed by atoms with van der Waals surface area (Å²) >= 11 is -1.03. The molecule has 0 saturated heterocycles. The molecule has 2 rings (SSSR count). The van der Waals surface area contributed by atoms with E-state index in [9.17, 15) is 23.8 Å². The number of thiophene rings is 1. The summed E-state index contributed by atoms with van der Waals surface area (Å²) in [5.41, 5.74) is 3.95. The number of carboxylic acid groups (broad SMARTS) is 1. The molecule has 0 fully saturated rings. The SMILES string of the molecule is CCC(CC)(c1ccc(CCC(O)C(C)(C)C)c(C)c1)c1cc(C)c(N(CC(=O)O)S(=O)O)s1. The number of nitrogens with zero attached hydrogens (tertiary/aromatic N) is 1. The van der Waals surface area contributed by atoms with E-state index < -0.39 is 23.8 Å². The van der Waals surface area contributed by atoms with Crippen LogP contribution in [-0.4, -0.2) is 37.6 Å². The minimum atomic E-state index is -2.42. The van der Waals surface area contributed by atoms with Gasteiger partial charge in [0.1, 0.15) is 11.5 Å². The van der Waals surface area contributed by atoms with Crippen molar-refractivity contribution in [2.45, 2.75) is 85.7 Å². The fourth-order valence-corrected chi connectivity index (χ4v) is 6.67. The van der Waals surface area contributed by atoms with Gasteiger partial charge in [-0.1, -0.05) is 52.8 Å². The number of hydrogen-bond donors (Lipinski definition) is 3. The molecule has 3 N–H and O–H groups in total. The van der Waals surface area contributed by atoms with Crippen LogP contribution in [0.15, 0.2) is 24.3 Å². The highest BCUT2D eigenvalue weighted by atomic mass is 32.2. The van der Waals surface area contributed by atoms with Gasteiger partial charge in [0.15, 0.2) is 0 Å². The highest BCUT2D eigenvalue weighted by Gasteiger charge is 2.34. The van der Waals surface area contributed by atoms with E-state index >= 15 is 0 Å². The van der Waals surface area contributed by atoms with Crippen LogP contribution in [0.4, 0.5) is 5.00 Å². The van der Waals surface area contributed by atoms with E-state index in [4.69, 9.17) is 0 Å². The molecule has 0 aliphatic carbocycles. The summed E-state index contributed by atoms with van der Waals surface area (Å²) in [6.45, 7) is 13.8. The zero-order chi connectivity index (χ0) is 25.8. The third-order valence-electron chi connectivity index (χ3n) is 6.85. The summed E-state index contributed by atoms with van der Waals surface area (Å²) in [5, 5.41) is 20.1. The average Bonchev–Trinajstić information content (AvgIpc) is 3.13. The number of carbonyl (C=O) groups is 1. The molecule has 8 heteroatoms. The smallest absolute Gasteiger partial charge is 0.324 e. The number of aliphatic hydroxyl groups is 1. The van der Waals surface area contributed by atoms with Gasteiger partial charge in [0.2, 0.25) is 0 Å². The Morgan fingerprint density at radius 2 is 1.74 bits per heavy atom. The lowest BCUT2D eigenvalue weighted by Crippen LogP contribution is -2.31. The van der Waals surface area contributed by atoms with Crippen molar-refractivity contribution < 1.29 is 23.8 Å². The molecule has 0 amide bonds. The minimum absolute atomic E-state index is 0.144. The van der Waals surface area contributed by atoms with Gasteiger partial charge in [0.05, 0.1) is 6.10 Å². The monoisotopic (exact) mass is 509 g/mol. The summed E-state index contributed by atoms with van der Waals surface area (Å²) in [4.78, 5) is 12.3. The predicted molar refractivity (Wildman–Crippen MR) is 141 cm³/mol. The van der Waals surface area contributed by atoms with Crippen LogP contribution in [0.25, 0.3) is 0 Å². The summed E-state index contributed by atoms with van der Waals surface area (Å²) in [6, 6.07) is 8.56. The van der Waals surface area contributed by atoms with E-state index in [2.05, 4.69) is 39.0 Å². The molecule has 0 spiro atoms. The zero-order valence-electron chi connectivity index (χ0n) is 21.3. The second kappa shape index (κ2) is 11.3. The van der Waals surface area contributed by atoms with Crippen molar-refractivity contribution in [1.29, 1.82) is 0 Å². The van der Waals surface area contributed by atoms with E-state index in [0.717, 1.165) is 34.0 Å². The Labute approximate surface area is 210 Å². The number of rotatable bonds is 11. The maximum atomic E-state index is 11.9. The normalized spacial score (nSPS) is 14.1. The number of benzene rings is 1. The van der Waals surface area contributed by atoms with Gasteiger partial charge in [-0.15, -0.1) is 11.3 Å². The molecule has 1 heterocycles. The summed E-state index contributed by atoms with van der Waals surface area (Å²) in [7, 11) is 0. The predicted octanol–water partition coefficient (Wildman–Crippen LogP) is 5.84. The Balaban J connectivity index is 2.45. The molecule has 0 radical (unpaired) electrons. The number of aliphatic hydroxyl groups excluding tert-OH is 1. The Bertz CT molecular complexity index is 1020. The summed E-state index contributed by atoms with van der Waals surface area (Å²) in [5.74, 6) is -1.16. The van der Waals surface area contributed by atoms with Gasteiger partial charge in [0.25, 0.3) is 11.3 Å². The second-order valence-electron chi connectivity index (χ2n) is 10.1. The molecule has 6 nitrogen and oxygen atoms in total. The fraction of sp³-hybridized carbons (Fsp3) is 0.577. The maximum Gasteiger partial charge on any atom is 0.324 e. The van der Waals surface area contributed by atoms with Gasteiger partial charge in [0, 0.05) is 10.3 Å². The lowest BCUT2D eigenvalue weighted by molar-refractivity contribution is -0.135. The number of aliphatic carboxylic acids is 1. The van der Waals surface area contributed by atoms with Gasteiger partial charge < -0.3 is 10.2 Å². The first-order valence-electron chi connectivity index (χ1n) is 11.8. The van der Waals surface area contributed by atoms with Crippen LogP contribution >= 0.6 is 11.3 Å². The Morgan fingerprint density at radius 3 is 2.21 bits per heavy atom. The number of aryl methyl sites for hydroxylation is 3. The standard InChI is InChI=1S/C26H39NO5S2/c1-8-26(9-2,22-15-18(4)24(33-22)27(34(31)32)16-23(29)30)20-12-10-19(17(3)14-20)11-13-21(28)25(5,6)7/h10,12,14-15,21,28H,8-9,11,13,16H2,1-7H3,(H,29,30)(H,31,32). The number of carboxylic acids is 1. The van der Waals surface area contributed by atoms with Gasteiger partial charge in [-0.2, -0.15) is 0 Å². The van der Waals surface area contributed by atoms with E-state index in [0.29, 0.717) is 11.4 Å². The first-order valence-corrected chi connectivity index (χ1v) is 13.6. The molecule has 0 aliphatic heterocycles. The van der Waals surface area contributed by atoms with Gasteiger partial charge in [-0.25, -0.2) is 8.51 Å². The number of hydrogen-bond acceptors (Lipinski definition) is 4. The first-order chi connectivity index (χ1) is 15.8. The molecule has 34 heavy (non-hydrogen) atoms. The lowest BCUT2D eigenvalue weighted by atomic mass is 9.73. The third kappa shape index (κ3) is 6.27. The largest absolute Gasteiger partial charge is 0.480 e. The van der Waals surface area contributed by atoms with E-state index in [1.54, 1.807) is 0 Å². The van der Waals surface area contributed by atoms with Crippen molar-refractivity contribution in [3.8, 4) is 0 Å². The maximum absolute atomic E-state index is 11.9. The molecule has 0 bridgehead atoms. The molecule has 2 atom stereocenters. The molecule has 2 aromatic rings. The minimum Gasteiger partial charge on any atom is -0.480 e. The second-order valence-corrected chi connectivity index (χ2v) is 12.0. The number of anilines is 1. The van der Waals surface area contributed by atoms with Crippen molar-refractivity contribution in [3.05, 3.63) is 51.4 Å². The molecule has 190 valence electrons. The fourth-order valence-electron chi connectivity index (χ4n) is 4.42. The van der Waals surface area contributed by atoms with Gasteiger partial charge in [-0.05, 0) is 73.3 Å². The van der Waals surface area contributed by atoms with Crippen LogP contribution in [0.2, 0.25) is 0 Å². The van der Waals surface area contributed by atoms with Crippen LogP contribution < -0.4 is 4.31 Å². The van der Waals surface area contributed by atoms with Crippen molar-refractivity contribution in [2.75, 3.05) is 10.8 Å². The molecule has 1 aromatic heterocycles. The molecule has 2 unspecified atom stereocenters.